The molecule has 3 nitrogen and oxygen atoms in total. The van der Waals surface area contributed by atoms with Gasteiger partial charge in [0.1, 0.15) is 5.82 Å². The maximum atomic E-state index is 13.6. The van der Waals surface area contributed by atoms with Crippen LogP contribution in [0.5, 0.6) is 0 Å². The van der Waals surface area contributed by atoms with Gasteiger partial charge in [-0.2, -0.15) is 0 Å². The third-order valence-corrected chi connectivity index (χ3v) is 4.18. The number of thioether (sulfide) groups is 1. The summed E-state index contributed by atoms with van der Waals surface area (Å²) in [5, 5.41) is 2.74. The molecule has 21 heavy (non-hydrogen) atoms. The Kier molecular flexibility index (Phi) is 5.75. The average Bonchev–Trinajstić information content (AvgIpc) is 2.52. The molecule has 0 unspecified atom stereocenters. The van der Waals surface area contributed by atoms with Crippen LogP contribution in [0.4, 0.5) is 4.39 Å². The summed E-state index contributed by atoms with van der Waals surface area (Å²) in [6.07, 6.45) is 1.69. The second-order valence-electron chi connectivity index (χ2n) is 4.57. The molecule has 0 saturated heterocycles. The highest BCUT2D eigenvalue weighted by Crippen LogP contribution is 2.29. The highest BCUT2D eigenvalue weighted by Gasteiger charge is 2.12. The second kappa shape index (κ2) is 7.78. The Morgan fingerprint density at radius 2 is 2.05 bits per heavy atom. The molecular formula is C16H17FN2OS. The van der Waals surface area contributed by atoms with Crippen LogP contribution in [0.3, 0.4) is 0 Å². The summed E-state index contributed by atoms with van der Waals surface area (Å²) in [4.78, 5) is 15.9. The van der Waals surface area contributed by atoms with E-state index >= 15 is 0 Å². The van der Waals surface area contributed by atoms with Crippen molar-refractivity contribution in [3.05, 3.63) is 65.7 Å². The lowest BCUT2D eigenvalue weighted by atomic mass is 10.1. The van der Waals surface area contributed by atoms with Gasteiger partial charge in [-0.05, 0) is 25.1 Å². The smallest absolute Gasteiger partial charge is 0.230 e. The lowest BCUT2D eigenvalue weighted by Gasteiger charge is -2.12. The van der Waals surface area contributed by atoms with Crippen molar-refractivity contribution in [2.45, 2.75) is 18.7 Å². The van der Waals surface area contributed by atoms with E-state index in [0.717, 1.165) is 5.69 Å². The molecule has 1 atom stereocenters. The normalized spacial score (nSPS) is 11.9. The number of nitrogens with one attached hydrogen (secondary N) is 1. The first-order valence-corrected chi connectivity index (χ1v) is 7.74. The number of rotatable bonds is 6. The van der Waals surface area contributed by atoms with E-state index in [9.17, 15) is 9.18 Å². The van der Waals surface area contributed by atoms with Crippen LogP contribution >= 0.6 is 11.8 Å². The summed E-state index contributed by atoms with van der Waals surface area (Å²) >= 11 is 1.41. The molecule has 0 aliphatic heterocycles. The molecule has 5 heteroatoms. The maximum Gasteiger partial charge on any atom is 0.230 e. The number of carbonyl (C=O) groups is 1. The Bertz CT molecular complexity index is 592. The molecule has 1 aromatic heterocycles. The largest absolute Gasteiger partial charge is 0.350 e. The molecule has 0 aliphatic carbocycles. The Morgan fingerprint density at radius 3 is 2.76 bits per heavy atom. The first kappa shape index (κ1) is 15.5. The van der Waals surface area contributed by atoms with Crippen molar-refractivity contribution < 1.29 is 9.18 Å². The number of hydrogen-bond donors (Lipinski definition) is 1. The number of hydrogen-bond acceptors (Lipinski definition) is 3. The van der Waals surface area contributed by atoms with Crippen LogP contribution in [0.2, 0.25) is 0 Å². The van der Waals surface area contributed by atoms with Crippen LogP contribution < -0.4 is 5.32 Å². The molecule has 1 N–H and O–H groups in total. The molecule has 0 saturated carbocycles. The lowest BCUT2D eigenvalue weighted by molar-refractivity contribution is -0.118. The van der Waals surface area contributed by atoms with Gasteiger partial charge in [0.05, 0.1) is 18.0 Å². The van der Waals surface area contributed by atoms with Crippen LogP contribution in [0, 0.1) is 5.82 Å². The topological polar surface area (TPSA) is 42.0 Å². The molecular weight excluding hydrogens is 287 g/mol. The van der Waals surface area contributed by atoms with Crippen LogP contribution in [0.1, 0.15) is 23.4 Å². The van der Waals surface area contributed by atoms with Crippen molar-refractivity contribution >= 4 is 17.7 Å². The van der Waals surface area contributed by atoms with Gasteiger partial charge >= 0.3 is 0 Å². The summed E-state index contributed by atoms with van der Waals surface area (Å²) in [5.41, 5.74) is 1.44. The molecule has 1 heterocycles. The van der Waals surface area contributed by atoms with Gasteiger partial charge in [0.2, 0.25) is 5.91 Å². The molecule has 0 spiro atoms. The number of aromatic nitrogens is 1. The third kappa shape index (κ3) is 4.86. The van der Waals surface area contributed by atoms with Gasteiger partial charge in [-0.25, -0.2) is 4.39 Å². The SMILES string of the molecule is C[C@@H](SCC(=O)NCc1ccccn1)c1ccccc1F. The van der Waals surface area contributed by atoms with Gasteiger partial charge < -0.3 is 5.32 Å². The standard InChI is InChI=1S/C16H17FN2OS/c1-12(14-7-2-3-8-15(14)17)21-11-16(20)19-10-13-6-4-5-9-18-13/h2-9,12H,10-11H2,1H3,(H,19,20)/t12-/m1/s1. The third-order valence-electron chi connectivity index (χ3n) is 3.00. The van der Waals surface area contributed by atoms with Crippen LogP contribution in [-0.4, -0.2) is 16.6 Å². The minimum atomic E-state index is -0.230. The summed E-state index contributed by atoms with van der Waals surface area (Å²) < 4.78 is 13.6. The summed E-state index contributed by atoms with van der Waals surface area (Å²) in [5.74, 6) is -0.0114. The molecule has 2 rings (SSSR count). The van der Waals surface area contributed by atoms with Gasteiger partial charge in [-0.1, -0.05) is 24.3 Å². The minimum absolute atomic E-state index is 0.0631. The van der Waals surface area contributed by atoms with E-state index in [-0.39, 0.29) is 17.0 Å². The van der Waals surface area contributed by atoms with E-state index in [1.54, 1.807) is 24.4 Å². The summed E-state index contributed by atoms with van der Waals surface area (Å²) in [6.45, 7) is 2.31. The lowest BCUT2D eigenvalue weighted by Crippen LogP contribution is -2.25. The Balaban J connectivity index is 1.77. The fraction of sp³-hybridized carbons (Fsp3) is 0.250. The average molecular weight is 304 g/mol. The Morgan fingerprint density at radius 1 is 1.29 bits per heavy atom. The molecule has 0 radical (unpaired) electrons. The van der Waals surface area contributed by atoms with E-state index in [4.69, 9.17) is 0 Å². The fourth-order valence-corrected chi connectivity index (χ4v) is 2.71. The molecule has 0 fully saturated rings. The quantitative estimate of drug-likeness (QED) is 0.890. The number of halogens is 1. The maximum absolute atomic E-state index is 13.6. The molecule has 0 aliphatic rings. The zero-order valence-corrected chi connectivity index (χ0v) is 12.6. The summed E-state index contributed by atoms with van der Waals surface area (Å²) in [6, 6.07) is 12.2. The Labute approximate surface area is 128 Å². The first-order valence-electron chi connectivity index (χ1n) is 6.69. The molecule has 2 aromatic rings. The van der Waals surface area contributed by atoms with Crippen LogP contribution in [0.25, 0.3) is 0 Å². The van der Waals surface area contributed by atoms with Gasteiger partial charge in [-0.15, -0.1) is 11.8 Å². The predicted octanol–water partition coefficient (Wildman–Crippen LogP) is 3.33. The second-order valence-corrected chi connectivity index (χ2v) is 5.90. The van der Waals surface area contributed by atoms with E-state index in [1.165, 1.54) is 17.8 Å². The van der Waals surface area contributed by atoms with E-state index in [2.05, 4.69) is 10.3 Å². The van der Waals surface area contributed by atoms with Crippen molar-refractivity contribution in [1.29, 1.82) is 0 Å². The van der Waals surface area contributed by atoms with Crippen molar-refractivity contribution in [2.75, 3.05) is 5.75 Å². The van der Waals surface area contributed by atoms with Crippen LogP contribution in [-0.2, 0) is 11.3 Å². The van der Waals surface area contributed by atoms with Crippen LogP contribution in [0.15, 0.2) is 48.7 Å². The predicted molar refractivity (Wildman–Crippen MR) is 83.4 cm³/mol. The van der Waals surface area contributed by atoms with Crippen molar-refractivity contribution in [2.24, 2.45) is 0 Å². The van der Waals surface area contributed by atoms with Gasteiger partial charge in [0.25, 0.3) is 0 Å². The zero-order valence-electron chi connectivity index (χ0n) is 11.8. The molecule has 0 bridgehead atoms. The fourth-order valence-electron chi connectivity index (χ4n) is 1.84. The minimum Gasteiger partial charge on any atom is -0.350 e. The van der Waals surface area contributed by atoms with Gasteiger partial charge in [0, 0.05) is 17.0 Å². The van der Waals surface area contributed by atoms with Crippen molar-refractivity contribution in [3.63, 3.8) is 0 Å². The van der Waals surface area contributed by atoms with E-state index in [1.807, 2.05) is 25.1 Å². The molecule has 110 valence electrons. The van der Waals surface area contributed by atoms with E-state index in [0.29, 0.717) is 17.9 Å². The summed E-state index contributed by atoms with van der Waals surface area (Å²) in [7, 11) is 0. The Hall–Kier alpha value is -1.88. The monoisotopic (exact) mass is 304 g/mol. The number of nitrogens with zero attached hydrogens (tertiary/aromatic N) is 1. The van der Waals surface area contributed by atoms with Gasteiger partial charge in [0.15, 0.2) is 0 Å². The molecule has 1 aromatic carbocycles. The molecule has 1 amide bonds. The highest BCUT2D eigenvalue weighted by atomic mass is 32.2. The number of amides is 1. The van der Waals surface area contributed by atoms with Gasteiger partial charge in [-0.3, -0.25) is 9.78 Å². The first-order chi connectivity index (χ1) is 10.2. The number of carbonyl (C=O) groups excluding carboxylic acids is 1. The van der Waals surface area contributed by atoms with E-state index < -0.39 is 0 Å². The highest BCUT2D eigenvalue weighted by molar-refractivity contribution is 8.00. The van der Waals surface area contributed by atoms with Crippen molar-refractivity contribution in [3.8, 4) is 0 Å². The number of benzene rings is 1. The number of pyridine rings is 1. The zero-order chi connectivity index (χ0) is 15.1. The van der Waals surface area contributed by atoms with Crippen molar-refractivity contribution in [1.82, 2.24) is 10.3 Å².